The predicted molar refractivity (Wildman–Crippen MR) is 192 cm³/mol. The van der Waals surface area contributed by atoms with Crippen LogP contribution >= 0.6 is 0 Å². The Morgan fingerprint density at radius 1 is 1.10 bits per heavy atom. The Bertz CT molecular complexity index is 1860. The SMILES string of the molecule is COc1ccc2c(O[C@@H]3C[C@H]4C(=O)N[C@]5(C(=O)O)CC5CC/C=C/CO[C@H](C)[C@H](NC(=O)OC(C)(C)C)C(=O)N4C3)cc(-c3ccccc3)nc2c1. The number of fused-ring (bicyclic) bond motifs is 3. The van der Waals surface area contributed by atoms with Crippen molar-refractivity contribution in [2.45, 2.75) is 88.8 Å². The van der Waals surface area contributed by atoms with Crippen LogP contribution in [0.4, 0.5) is 4.79 Å². The molecule has 0 radical (unpaired) electrons. The van der Waals surface area contributed by atoms with Gasteiger partial charge in [-0.1, -0.05) is 42.5 Å². The number of allylic oxidation sites excluding steroid dienone is 1. The summed E-state index contributed by atoms with van der Waals surface area (Å²) in [4.78, 5) is 60.5. The van der Waals surface area contributed by atoms with Crippen LogP contribution in [-0.4, -0.2) is 94.6 Å². The quantitative estimate of drug-likeness (QED) is 0.300. The van der Waals surface area contributed by atoms with Crippen molar-refractivity contribution in [3.05, 3.63) is 66.7 Å². The maximum Gasteiger partial charge on any atom is 0.408 e. The Morgan fingerprint density at radius 3 is 2.58 bits per heavy atom. The molecular weight excluding hydrogens is 668 g/mol. The number of nitrogens with one attached hydrogen (secondary N) is 2. The first-order valence-corrected chi connectivity index (χ1v) is 17.6. The Labute approximate surface area is 302 Å². The first kappa shape index (κ1) is 36.6. The van der Waals surface area contributed by atoms with Gasteiger partial charge in [0.2, 0.25) is 11.8 Å². The van der Waals surface area contributed by atoms with Gasteiger partial charge in [-0.2, -0.15) is 0 Å². The summed E-state index contributed by atoms with van der Waals surface area (Å²) < 4.78 is 23.6. The van der Waals surface area contributed by atoms with Gasteiger partial charge in [-0.15, -0.1) is 0 Å². The molecule has 3 heterocycles. The van der Waals surface area contributed by atoms with Crippen molar-refractivity contribution >= 4 is 34.8 Å². The molecule has 1 saturated carbocycles. The Hall–Kier alpha value is -5.17. The summed E-state index contributed by atoms with van der Waals surface area (Å²) in [6, 6.07) is 14.6. The molecule has 0 bridgehead atoms. The third-order valence-electron chi connectivity index (χ3n) is 9.74. The Morgan fingerprint density at radius 2 is 1.87 bits per heavy atom. The molecular formula is C39H46N4O9. The van der Waals surface area contributed by atoms with Gasteiger partial charge in [0.05, 0.1) is 37.6 Å². The van der Waals surface area contributed by atoms with Gasteiger partial charge in [-0.25, -0.2) is 14.6 Å². The topological polar surface area (TPSA) is 166 Å². The van der Waals surface area contributed by atoms with Gasteiger partial charge in [0.25, 0.3) is 0 Å². The van der Waals surface area contributed by atoms with E-state index in [4.69, 9.17) is 23.9 Å². The molecule has 3 aliphatic rings. The van der Waals surface area contributed by atoms with E-state index in [9.17, 15) is 24.3 Å². The number of benzene rings is 2. The molecule has 3 N–H and O–H groups in total. The molecule has 6 rings (SSSR count). The van der Waals surface area contributed by atoms with Crippen LogP contribution in [0.3, 0.4) is 0 Å². The van der Waals surface area contributed by atoms with Crippen LogP contribution in [-0.2, 0) is 23.9 Å². The third kappa shape index (κ3) is 7.99. The normalized spacial score (nSPS) is 27.2. The van der Waals surface area contributed by atoms with Crippen molar-refractivity contribution in [2.24, 2.45) is 5.92 Å². The van der Waals surface area contributed by atoms with Crippen molar-refractivity contribution in [3.63, 3.8) is 0 Å². The fraction of sp³-hybridized carbons (Fsp3) is 0.462. The van der Waals surface area contributed by atoms with E-state index < -0.39 is 59.3 Å². The number of aliphatic carboxylic acids is 1. The summed E-state index contributed by atoms with van der Waals surface area (Å²) in [6.45, 7) is 6.94. The van der Waals surface area contributed by atoms with E-state index in [2.05, 4.69) is 10.6 Å². The zero-order valence-corrected chi connectivity index (χ0v) is 30.1. The van der Waals surface area contributed by atoms with Crippen LogP contribution in [0.15, 0.2) is 66.7 Å². The average molecular weight is 715 g/mol. The number of carbonyl (C=O) groups excluding carboxylic acids is 3. The highest BCUT2D eigenvalue weighted by Gasteiger charge is 2.62. The van der Waals surface area contributed by atoms with Gasteiger partial charge in [-0.05, 0) is 65.0 Å². The summed E-state index contributed by atoms with van der Waals surface area (Å²) in [6.07, 6.45) is 2.87. The average Bonchev–Trinajstić information content (AvgIpc) is 3.64. The second-order valence-corrected chi connectivity index (χ2v) is 14.6. The number of carboxylic acid groups (broad SMARTS) is 1. The number of hydrogen-bond donors (Lipinski definition) is 3. The van der Waals surface area contributed by atoms with E-state index >= 15 is 0 Å². The lowest BCUT2D eigenvalue weighted by atomic mass is 10.1. The number of rotatable bonds is 6. The highest BCUT2D eigenvalue weighted by molar-refractivity contribution is 5.96. The molecule has 3 amide bonds. The lowest BCUT2D eigenvalue weighted by molar-refractivity contribution is -0.146. The van der Waals surface area contributed by atoms with Crippen LogP contribution in [0.2, 0.25) is 0 Å². The number of nitrogens with zero attached hydrogens (tertiary/aromatic N) is 2. The molecule has 276 valence electrons. The predicted octanol–water partition coefficient (Wildman–Crippen LogP) is 4.87. The number of hydrogen-bond acceptors (Lipinski definition) is 9. The van der Waals surface area contributed by atoms with Crippen molar-refractivity contribution in [3.8, 4) is 22.8 Å². The lowest BCUT2D eigenvalue weighted by Gasteiger charge is -2.32. The Balaban J connectivity index is 1.36. The summed E-state index contributed by atoms with van der Waals surface area (Å²) in [5, 5.41) is 16.4. The number of carboxylic acids is 1. The molecule has 2 fully saturated rings. The third-order valence-corrected chi connectivity index (χ3v) is 9.74. The van der Waals surface area contributed by atoms with Gasteiger partial charge in [0.15, 0.2) is 0 Å². The molecule has 13 nitrogen and oxygen atoms in total. The summed E-state index contributed by atoms with van der Waals surface area (Å²) in [7, 11) is 1.58. The highest BCUT2D eigenvalue weighted by Crippen LogP contribution is 2.47. The van der Waals surface area contributed by atoms with Gasteiger partial charge in [0, 0.05) is 29.5 Å². The number of amides is 3. The molecule has 0 spiro atoms. The van der Waals surface area contributed by atoms with E-state index in [1.165, 1.54) is 4.90 Å². The number of carbonyl (C=O) groups is 4. The van der Waals surface area contributed by atoms with Crippen LogP contribution in [0.1, 0.15) is 53.4 Å². The monoisotopic (exact) mass is 714 g/mol. The van der Waals surface area contributed by atoms with E-state index in [1.54, 1.807) is 46.9 Å². The standard InChI is InChI=1S/C39H46N4O9/c1-23-33(41-37(48)52-38(2,3)4)35(45)43-22-27(19-31(43)34(44)42-39(36(46)47)21-25(39)14-10-7-11-17-50-23)51-32-20-29(24-12-8-6-9-13-24)40-30-18-26(49-5)15-16-28(30)32/h6-9,11-13,15-16,18,20,23,25,27,31,33H,10,14,17,19,21-22H2,1-5H3,(H,41,48)(H,42,44)(H,46,47)/b11-7+/t23-,25?,27-,31+,33+,39-/m1/s1. The van der Waals surface area contributed by atoms with Gasteiger partial charge in [0.1, 0.15) is 40.8 Å². The van der Waals surface area contributed by atoms with Crippen LogP contribution < -0.4 is 20.1 Å². The minimum atomic E-state index is -1.43. The molecule has 3 aromatic rings. The first-order valence-electron chi connectivity index (χ1n) is 17.6. The zero-order chi connectivity index (χ0) is 37.2. The van der Waals surface area contributed by atoms with Crippen molar-refractivity contribution in [2.75, 3.05) is 20.3 Å². The highest BCUT2D eigenvalue weighted by atomic mass is 16.6. The zero-order valence-electron chi connectivity index (χ0n) is 30.1. The molecule has 1 unspecified atom stereocenters. The van der Waals surface area contributed by atoms with Crippen molar-refractivity contribution in [1.29, 1.82) is 0 Å². The maximum absolute atomic E-state index is 14.5. The number of methoxy groups -OCH3 is 1. The maximum atomic E-state index is 14.5. The van der Waals surface area contributed by atoms with E-state index in [1.807, 2.05) is 54.6 Å². The smallest absolute Gasteiger partial charge is 0.408 e. The second kappa shape index (κ2) is 14.8. The first-order chi connectivity index (χ1) is 24.8. The van der Waals surface area contributed by atoms with Crippen LogP contribution in [0, 0.1) is 5.92 Å². The fourth-order valence-corrected chi connectivity index (χ4v) is 6.94. The van der Waals surface area contributed by atoms with E-state index in [-0.39, 0.29) is 31.9 Å². The summed E-state index contributed by atoms with van der Waals surface area (Å²) in [5.74, 6) is -1.46. The largest absolute Gasteiger partial charge is 0.497 e. The second-order valence-electron chi connectivity index (χ2n) is 14.6. The minimum Gasteiger partial charge on any atom is -0.497 e. The number of alkyl carbamates (subject to hydrolysis) is 1. The summed E-state index contributed by atoms with van der Waals surface area (Å²) in [5.41, 5.74) is -0.119. The fourth-order valence-electron chi connectivity index (χ4n) is 6.94. The molecule has 2 aliphatic heterocycles. The van der Waals surface area contributed by atoms with E-state index in [0.717, 1.165) is 5.56 Å². The summed E-state index contributed by atoms with van der Waals surface area (Å²) >= 11 is 0. The molecule has 52 heavy (non-hydrogen) atoms. The van der Waals surface area contributed by atoms with Gasteiger partial charge >= 0.3 is 12.1 Å². The van der Waals surface area contributed by atoms with Gasteiger partial charge < -0.3 is 39.6 Å². The number of aromatic nitrogens is 1. The molecule has 1 aliphatic carbocycles. The number of ether oxygens (including phenoxy) is 4. The molecule has 1 saturated heterocycles. The van der Waals surface area contributed by atoms with Crippen LogP contribution in [0.5, 0.6) is 11.5 Å². The molecule has 2 aromatic carbocycles. The molecule has 13 heteroatoms. The molecule has 6 atom stereocenters. The van der Waals surface area contributed by atoms with Crippen molar-refractivity contribution < 1.29 is 43.2 Å². The number of pyridine rings is 1. The Kier molecular flexibility index (Phi) is 10.4. The minimum absolute atomic E-state index is 0.0276. The lowest BCUT2D eigenvalue weighted by Crippen LogP contribution is -2.59. The molecule has 1 aromatic heterocycles. The van der Waals surface area contributed by atoms with Gasteiger partial charge in [-0.3, -0.25) is 9.59 Å². The van der Waals surface area contributed by atoms with Crippen LogP contribution in [0.25, 0.3) is 22.2 Å². The van der Waals surface area contributed by atoms with E-state index in [0.29, 0.717) is 40.9 Å². The van der Waals surface area contributed by atoms with Crippen molar-refractivity contribution in [1.82, 2.24) is 20.5 Å².